The second-order valence-electron chi connectivity index (χ2n) is 6.34. The minimum atomic E-state index is -0.529. The molecule has 0 unspecified atom stereocenters. The summed E-state index contributed by atoms with van der Waals surface area (Å²) in [7, 11) is 0. The average molecular weight is 369 g/mol. The number of esters is 1. The van der Waals surface area contributed by atoms with Crippen molar-refractivity contribution in [2.45, 2.75) is 26.4 Å². The smallest absolute Gasteiger partial charge is 0.344 e. The lowest BCUT2D eigenvalue weighted by Gasteiger charge is -2.08. The van der Waals surface area contributed by atoms with E-state index in [2.05, 4.69) is 19.0 Å². The summed E-state index contributed by atoms with van der Waals surface area (Å²) in [5.41, 5.74) is 1.89. The number of ether oxygens (including phenoxy) is 2. The second-order valence-corrected chi connectivity index (χ2v) is 6.34. The molecule has 0 saturated carbocycles. The summed E-state index contributed by atoms with van der Waals surface area (Å²) in [6, 6.07) is 15.3. The molecule has 3 rings (SSSR count). The van der Waals surface area contributed by atoms with E-state index in [1.807, 2.05) is 24.3 Å². The standard InChI is InChI=1S/C21H20FNO4/c1-14(2)15-7-9-17(10-8-15)25-13-21(24)26-12-16-11-20(27-23-16)18-5-3-4-6-19(18)22/h3-11,14H,12-13H2,1-2H3. The SMILES string of the molecule is CC(C)c1ccc(OCC(=O)OCc2cc(-c3ccccc3F)on2)cc1. The maximum atomic E-state index is 13.7. The Morgan fingerprint density at radius 3 is 2.59 bits per heavy atom. The molecule has 0 fully saturated rings. The lowest BCUT2D eigenvalue weighted by atomic mass is 10.0. The highest BCUT2D eigenvalue weighted by Crippen LogP contribution is 2.23. The van der Waals surface area contributed by atoms with Crippen LogP contribution in [0.1, 0.15) is 31.0 Å². The predicted octanol–water partition coefficient (Wildman–Crippen LogP) is 4.73. The van der Waals surface area contributed by atoms with Crippen molar-refractivity contribution >= 4 is 5.97 Å². The number of halogens is 1. The third-order valence-electron chi connectivity index (χ3n) is 3.98. The van der Waals surface area contributed by atoms with Crippen molar-refractivity contribution in [2.24, 2.45) is 0 Å². The monoisotopic (exact) mass is 369 g/mol. The topological polar surface area (TPSA) is 61.6 Å². The van der Waals surface area contributed by atoms with Crippen molar-refractivity contribution in [1.29, 1.82) is 0 Å². The van der Waals surface area contributed by atoms with E-state index in [0.717, 1.165) is 0 Å². The Hall–Kier alpha value is -3.15. The van der Waals surface area contributed by atoms with Gasteiger partial charge in [-0.2, -0.15) is 0 Å². The fraction of sp³-hybridized carbons (Fsp3) is 0.238. The summed E-state index contributed by atoms with van der Waals surface area (Å²) in [5, 5.41) is 3.79. The van der Waals surface area contributed by atoms with Gasteiger partial charge < -0.3 is 14.0 Å². The van der Waals surface area contributed by atoms with Gasteiger partial charge in [-0.25, -0.2) is 9.18 Å². The molecule has 0 amide bonds. The number of aromatic nitrogens is 1. The zero-order valence-electron chi connectivity index (χ0n) is 15.1. The molecule has 0 aliphatic heterocycles. The third kappa shape index (κ3) is 4.94. The Balaban J connectivity index is 1.49. The molecule has 0 bridgehead atoms. The van der Waals surface area contributed by atoms with Crippen LogP contribution in [0.3, 0.4) is 0 Å². The lowest BCUT2D eigenvalue weighted by Crippen LogP contribution is -2.14. The van der Waals surface area contributed by atoms with Crippen molar-refractivity contribution in [3.63, 3.8) is 0 Å². The largest absolute Gasteiger partial charge is 0.482 e. The van der Waals surface area contributed by atoms with Crippen LogP contribution in [-0.2, 0) is 16.1 Å². The highest BCUT2D eigenvalue weighted by Gasteiger charge is 2.12. The number of nitrogens with zero attached hydrogens (tertiary/aromatic N) is 1. The van der Waals surface area contributed by atoms with E-state index in [1.54, 1.807) is 18.2 Å². The molecule has 0 N–H and O–H groups in total. The van der Waals surface area contributed by atoms with Gasteiger partial charge in [-0.1, -0.05) is 43.3 Å². The number of hydrogen-bond donors (Lipinski definition) is 0. The van der Waals surface area contributed by atoms with Crippen molar-refractivity contribution in [2.75, 3.05) is 6.61 Å². The Bertz CT molecular complexity index is 903. The van der Waals surface area contributed by atoms with Crippen molar-refractivity contribution in [3.05, 3.63) is 71.7 Å². The number of carbonyl (C=O) groups is 1. The van der Waals surface area contributed by atoms with E-state index in [0.29, 0.717) is 22.9 Å². The van der Waals surface area contributed by atoms with Gasteiger partial charge in [-0.15, -0.1) is 0 Å². The second kappa shape index (κ2) is 8.49. The van der Waals surface area contributed by atoms with Gasteiger partial charge in [0.2, 0.25) is 0 Å². The van der Waals surface area contributed by atoms with Crippen molar-refractivity contribution in [3.8, 4) is 17.1 Å². The van der Waals surface area contributed by atoms with E-state index in [-0.39, 0.29) is 19.0 Å². The molecule has 1 heterocycles. The molecule has 140 valence electrons. The summed E-state index contributed by atoms with van der Waals surface area (Å²) >= 11 is 0. The van der Waals surface area contributed by atoms with Crippen molar-refractivity contribution in [1.82, 2.24) is 5.16 Å². The van der Waals surface area contributed by atoms with Crippen molar-refractivity contribution < 1.29 is 23.2 Å². The molecule has 0 aliphatic carbocycles. The van der Waals surface area contributed by atoms with E-state index in [4.69, 9.17) is 14.0 Å². The molecule has 2 aromatic carbocycles. The van der Waals surface area contributed by atoms with Gasteiger partial charge in [0.15, 0.2) is 12.4 Å². The van der Waals surface area contributed by atoms with Crippen LogP contribution < -0.4 is 4.74 Å². The van der Waals surface area contributed by atoms with Gasteiger partial charge in [-0.3, -0.25) is 0 Å². The van der Waals surface area contributed by atoms with Crippen LogP contribution in [0.4, 0.5) is 4.39 Å². The molecular weight excluding hydrogens is 349 g/mol. The summed E-state index contributed by atoms with van der Waals surface area (Å²) in [4.78, 5) is 11.8. The number of rotatable bonds is 7. The summed E-state index contributed by atoms with van der Waals surface area (Å²) in [6.07, 6.45) is 0. The molecule has 0 radical (unpaired) electrons. The van der Waals surface area contributed by atoms with E-state index in [1.165, 1.54) is 17.7 Å². The van der Waals surface area contributed by atoms with Crippen LogP contribution >= 0.6 is 0 Å². The first-order valence-corrected chi connectivity index (χ1v) is 8.62. The average Bonchev–Trinajstić information content (AvgIpc) is 3.14. The minimum Gasteiger partial charge on any atom is -0.482 e. The number of benzene rings is 2. The van der Waals surface area contributed by atoms with Crippen LogP contribution in [0.25, 0.3) is 11.3 Å². The molecule has 0 aliphatic rings. The molecule has 1 aromatic heterocycles. The first-order chi connectivity index (χ1) is 13.0. The van der Waals surface area contributed by atoms with Gasteiger partial charge in [0, 0.05) is 6.07 Å². The normalized spacial score (nSPS) is 10.8. The molecule has 3 aromatic rings. The maximum Gasteiger partial charge on any atom is 0.344 e. The lowest BCUT2D eigenvalue weighted by molar-refractivity contribution is -0.147. The fourth-order valence-electron chi connectivity index (χ4n) is 2.46. The quantitative estimate of drug-likeness (QED) is 0.564. The third-order valence-corrected chi connectivity index (χ3v) is 3.98. The van der Waals surface area contributed by atoms with Crippen LogP contribution in [0, 0.1) is 5.82 Å². The molecule has 0 atom stereocenters. The Morgan fingerprint density at radius 1 is 1.15 bits per heavy atom. The molecule has 27 heavy (non-hydrogen) atoms. The van der Waals surface area contributed by atoms with Gasteiger partial charge in [0.05, 0.1) is 5.56 Å². The van der Waals surface area contributed by atoms with E-state index in [9.17, 15) is 9.18 Å². The summed E-state index contributed by atoms with van der Waals surface area (Å²) < 4.78 is 29.4. The van der Waals surface area contributed by atoms with Crippen LogP contribution in [-0.4, -0.2) is 17.7 Å². The Labute approximate surface area is 156 Å². The van der Waals surface area contributed by atoms with Gasteiger partial charge in [-0.05, 0) is 35.7 Å². The maximum absolute atomic E-state index is 13.7. The van der Waals surface area contributed by atoms with Gasteiger partial charge in [0.1, 0.15) is 23.9 Å². The molecule has 0 saturated heterocycles. The highest BCUT2D eigenvalue weighted by molar-refractivity contribution is 5.71. The highest BCUT2D eigenvalue weighted by atomic mass is 19.1. The Kier molecular flexibility index (Phi) is 5.86. The molecular formula is C21H20FNO4. The number of hydrogen-bond acceptors (Lipinski definition) is 5. The number of carbonyl (C=O) groups excluding carboxylic acids is 1. The molecule has 6 heteroatoms. The minimum absolute atomic E-state index is 0.0770. The van der Waals surface area contributed by atoms with E-state index < -0.39 is 11.8 Å². The first kappa shape index (κ1) is 18.6. The van der Waals surface area contributed by atoms with Crippen LogP contribution in [0.5, 0.6) is 5.75 Å². The zero-order chi connectivity index (χ0) is 19.2. The van der Waals surface area contributed by atoms with E-state index >= 15 is 0 Å². The van der Waals surface area contributed by atoms with Gasteiger partial charge in [0.25, 0.3) is 0 Å². The predicted molar refractivity (Wildman–Crippen MR) is 97.7 cm³/mol. The zero-order valence-corrected chi connectivity index (χ0v) is 15.1. The summed E-state index contributed by atoms with van der Waals surface area (Å²) in [5.74, 6) is 0.369. The Morgan fingerprint density at radius 2 is 1.89 bits per heavy atom. The summed E-state index contributed by atoms with van der Waals surface area (Å²) in [6.45, 7) is 3.93. The van der Waals surface area contributed by atoms with Crippen LogP contribution in [0.15, 0.2) is 59.1 Å². The van der Waals surface area contributed by atoms with Gasteiger partial charge >= 0.3 is 5.97 Å². The molecule has 0 spiro atoms. The fourth-order valence-corrected chi connectivity index (χ4v) is 2.46. The molecule has 5 nitrogen and oxygen atoms in total. The van der Waals surface area contributed by atoms with Crippen LogP contribution in [0.2, 0.25) is 0 Å². The first-order valence-electron chi connectivity index (χ1n) is 8.62.